The normalized spacial score (nSPS) is 11.4. The predicted molar refractivity (Wildman–Crippen MR) is 92.3 cm³/mol. The number of carboxylic acid groups (broad SMARTS) is 1. The van der Waals surface area contributed by atoms with E-state index in [1.165, 1.54) is 28.5 Å². The molecule has 0 aromatic carbocycles. The van der Waals surface area contributed by atoms with Crippen LogP contribution in [0.5, 0.6) is 0 Å². The number of hydrogen-bond donors (Lipinski definition) is 1. The maximum absolute atomic E-state index is 12.7. The van der Waals surface area contributed by atoms with Crippen molar-refractivity contribution in [2.45, 2.75) is 31.5 Å². The SMILES string of the molecule is CSc1nc2nccc(C(=O)CN(CC(=O)O)C(=O)OC(C)(C)C)n2n1. The van der Waals surface area contributed by atoms with Crippen LogP contribution in [0.1, 0.15) is 31.3 Å². The highest BCUT2D eigenvalue weighted by molar-refractivity contribution is 7.98. The topological polar surface area (TPSA) is 127 Å². The molecule has 0 fully saturated rings. The molecule has 0 aliphatic carbocycles. The zero-order valence-electron chi connectivity index (χ0n) is 14.8. The summed E-state index contributed by atoms with van der Waals surface area (Å²) in [6, 6.07) is 1.43. The number of carbonyl (C=O) groups excluding carboxylic acids is 2. The number of ketones is 1. The lowest BCUT2D eigenvalue weighted by atomic mass is 10.2. The highest BCUT2D eigenvalue weighted by Gasteiger charge is 2.27. The van der Waals surface area contributed by atoms with Crippen LogP contribution in [-0.4, -0.2) is 72.4 Å². The summed E-state index contributed by atoms with van der Waals surface area (Å²) in [5.41, 5.74) is -0.679. The molecule has 0 bridgehead atoms. The number of hydrogen-bond acceptors (Lipinski definition) is 8. The number of aromatic nitrogens is 4. The van der Waals surface area contributed by atoms with Gasteiger partial charge in [0.15, 0.2) is 0 Å². The Kier molecular flexibility index (Phi) is 5.80. The molecular formula is C15H19N5O5S. The standard InChI is InChI=1S/C15H19N5O5S/c1-15(2,3)25-14(24)19(8-11(22)23)7-10(21)9-5-6-16-12-17-13(26-4)18-20(9)12/h5-6H,7-8H2,1-4H3,(H,22,23). The van der Waals surface area contributed by atoms with Gasteiger partial charge in [0.2, 0.25) is 10.9 Å². The molecule has 10 nitrogen and oxygen atoms in total. The summed E-state index contributed by atoms with van der Waals surface area (Å²) in [6.45, 7) is 3.81. The van der Waals surface area contributed by atoms with Crippen molar-refractivity contribution < 1.29 is 24.2 Å². The maximum Gasteiger partial charge on any atom is 0.411 e. The van der Waals surface area contributed by atoms with Gasteiger partial charge in [-0.15, -0.1) is 5.10 Å². The summed E-state index contributed by atoms with van der Waals surface area (Å²) < 4.78 is 6.43. The zero-order valence-corrected chi connectivity index (χ0v) is 15.6. The van der Waals surface area contributed by atoms with Gasteiger partial charge in [-0.25, -0.2) is 9.78 Å². The van der Waals surface area contributed by atoms with E-state index in [2.05, 4.69) is 15.1 Å². The number of fused-ring (bicyclic) bond motifs is 1. The van der Waals surface area contributed by atoms with Gasteiger partial charge in [-0.3, -0.25) is 14.5 Å². The Morgan fingerprint density at radius 2 is 2.00 bits per heavy atom. The van der Waals surface area contributed by atoms with Crippen molar-refractivity contribution in [3.63, 3.8) is 0 Å². The van der Waals surface area contributed by atoms with Gasteiger partial charge in [-0.05, 0) is 33.1 Å². The number of carboxylic acids is 1. The van der Waals surface area contributed by atoms with Gasteiger partial charge < -0.3 is 9.84 Å². The summed E-state index contributed by atoms with van der Waals surface area (Å²) in [5.74, 6) is -1.53. The lowest BCUT2D eigenvalue weighted by Crippen LogP contribution is -2.42. The summed E-state index contributed by atoms with van der Waals surface area (Å²) in [7, 11) is 0. The third kappa shape index (κ3) is 4.91. The smallest absolute Gasteiger partial charge is 0.411 e. The summed E-state index contributed by atoms with van der Waals surface area (Å²) in [6.07, 6.45) is 2.30. The molecule has 0 atom stereocenters. The average Bonchev–Trinajstić information content (AvgIpc) is 2.95. The number of thioether (sulfide) groups is 1. The summed E-state index contributed by atoms with van der Waals surface area (Å²) in [5, 5.41) is 13.6. The first-order valence-electron chi connectivity index (χ1n) is 7.59. The molecule has 2 heterocycles. The Hall–Kier alpha value is -2.69. The fourth-order valence-corrected chi connectivity index (χ4v) is 2.34. The number of aliphatic carboxylic acids is 1. The highest BCUT2D eigenvalue weighted by Crippen LogP contribution is 2.13. The second-order valence-corrected chi connectivity index (χ2v) is 7.07. The van der Waals surface area contributed by atoms with Gasteiger partial charge in [0, 0.05) is 6.20 Å². The molecule has 2 aromatic heterocycles. The molecule has 0 saturated carbocycles. The first kappa shape index (κ1) is 19.6. The molecule has 0 saturated heterocycles. The van der Waals surface area contributed by atoms with Crippen LogP contribution in [0, 0.1) is 0 Å². The molecule has 2 aromatic rings. The Morgan fingerprint density at radius 3 is 2.58 bits per heavy atom. The Balaban J connectivity index is 2.27. The number of amides is 1. The van der Waals surface area contributed by atoms with Crippen molar-refractivity contribution in [3.8, 4) is 0 Å². The van der Waals surface area contributed by atoms with Crippen LogP contribution in [0.4, 0.5) is 4.79 Å². The third-order valence-corrected chi connectivity index (χ3v) is 3.54. The van der Waals surface area contributed by atoms with Crippen molar-refractivity contribution in [2.24, 2.45) is 0 Å². The van der Waals surface area contributed by atoms with Gasteiger partial charge in [-0.1, -0.05) is 11.8 Å². The molecule has 26 heavy (non-hydrogen) atoms. The van der Waals surface area contributed by atoms with E-state index in [1.807, 2.05) is 0 Å². The van der Waals surface area contributed by atoms with Crippen molar-refractivity contribution in [3.05, 3.63) is 18.0 Å². The van der Waals surface area contributed by atoms with E-state index in [9.17, 15) is 14.4 Å². The molecule has 140 valence electrons. The molecule has 0 aliphatic rings. The lowest BCUT2D eigenvalue weighted by Gasteiger charge is -2.25. The second kappa shape index (κ2) is 7.68. The van der Waals surface area contributed by atoms with Crippen LogP contribution in [0.25, 0.3) is 5.78 Å². The largest absolute Gasteiger partial charge is 0.480 e. The maximum atomic E-state index is 12.7. The monoisotopic (exact) mass is 381 g/mol. The first-order valence-corrected chi connectivity index (χ1v) is 8.82. The Morgan fingerprint density at radius 1 is 1.31 bits per heavy atom. The minimum atomic E-state index is -1.26. The average molecular weight is 381 g/mol. The lowest BCUT2D eigenvalue weighted by molar-refractivity contribution is -0.138. The summed E-state index contributed by atoms with van der Waals surface area (Å²) in [4.78, 5) is 44.9. The van der Waals surface area contributed by atoms with Gasteiger partial charge in [-0.2, -0.15) is 9.50 Å². The van der Waals surface area contributed by atoms with Crippen LogP contribution in [-0.2, 0) is 9.53 Å². The van der Waals surface area contributed by atoms with E-state index < -0.39 is 36.5 Å². The molecular weight excluding hydrogens is 362 g/mol. The molecule has 0 aliphatic heterocycles. The minimum Gasteiger partial charge on any atom is -0.480 e. The van der Waals surface area contributed by atoms with E-state index >= 15 is 0 Å². The number of nitrogens with zero attached hydrogens (tertiary/aromatic N) is 5. The van der Waals surface area contributed by atoms with Crippen LogP contribution >= 0.6 is 11.8 Å². The minimum absolute atomic E-state index is 0.141. The van der Waals surface area contributed by atoms with E-state index in [-0.39, 0.29) is 11.5 Å². The molecule has 0 spiro atoms. The van der Waals surface area contributed by atoms with Gasteiger partial charge in [0.25, 0.3) is 5.78 Å². The van der Waals surface area contributed by atoms with Crippen LogP contribution in [0.3, 0.4) is 0 Å². The van der Waals surface area contributed by atoms with Crippen LogP contribution < -0.4 is 0 Å². The highest BCUT2D eigenvalue weighted by atomic mass is 32.2. The molecule has 1 N–H and O–H groups in total. The zero-order chi connectivity index (χ0) is 19.5. The number of ether oxygens (including phenoxy) is 1. The van der Waals surface area contributed by atoms with Crippen molar-refractivity contribution >= 4 is 35.4 Å². The number of carbonyl (C=O) groups is 3. The van der Waals surface area contributed by atoms with Crippen molar-refractivity contribution in [1.29, 1.82) is 0 Å². The quantitative estimate of drug-likeness (QED) is 0.582. The molecule has 0 unspecified atom stereocenters. The van der Waals surface area contributed by atoms with Crippen LogP contribution in [0.15, 0.2) is 17.4 Å². The van der Waals surface area contributed by atoms with E-state index in [1.54, 1.807) is 27.0 Å². The number of rotatable bonds is 6. The molecule has 1 amide bonds. The second-order valence-electron chi connectivity index (χ2n) is 6.29. The first-order chi connectivity index (χ1) is 12.1. The van der Waals surface area contributed by atoms with Crippen molar-refractivity contribution in [2.75, 3.05) is 19.3 Å². The van der Waals surface area contributed by atoms with Gasteiger partial charge in [0.05, 0.1) is 6.54 Å². The molecule has 0 radical (unpaired) electrons. The van der Waals surface area contributed by atoms with Crippen LogP contribution in [0.2, 0.25) is 0 Å². The van der Waals surface area contributed by atoms with E-state index in [4.69, 9.17) is 9.84 Å². The van der Waals surface area contributed by atoms with E-state index in [0.717, 1.165) is 4.90 Å². The fourth-order valence-electron chi connectivity index (χ4n) is 2.00. The number of Topliss-reactive ketones (excluding diaryl/α,β-unsaturated/α-hetero) is 1. The van der Waals surface area contributed by atoms with Crippen molar-refractivity contribution in [1.82, 2.24) is 24.5 Å². The third-order valence-electron chi connectivity index (χ3n) is 3.00. The predicted octanol–water partition coefficient (Wildman–Crippen LogP) is 1.35. The van der Waals surface area contributed by atoms with Gasteiger partial charge in [0.1, 0.15) is 17.8 Å². The Labute approximate surface area is 153 Å². The Bertz CT molecular complexity index is 845. The van der Waals surface area contributed by atoms with Gasteiger partial charge >= 0.3 is 12.1 Å². The fraction of sp³-hybridized carbons (Fsp3) is 0.467. The molecule has 2 rings (SSSR count). The van der Waals surface area contributed by atoms with E-state index in [0.29, 0.717) is 5.16 Å². The molecule has 11 heteroatoms. The summed E-state index contributed by atoms with van der Waals surface area (Å²) >= 11 is 1.29.